The van der Waals surface area contributed by atoms with Crippen LogP contribution in [0.5, 0.6) is 0 Å². The van der Waals surface area contributed by atoms with Crippen molar-refractivity contribution in [2.45, 2.75) is 6.92 Å². The predicted octanol–water partition coefficient (Wildman–Crippen LogP) is 2.33. The summed E-state index contributed by atoms with van der Waals surface area (Å²) in [6.45, 7) is 5.81. The molecule has 1 aromatic heterocycles. The molecule has 0 bridgehead atoms. The smallest absolute Gasteiger partial charge is 0.126 e. The van der Waals surface area contributed by atoms with Gasteiger partial charge in [-0.25, -0.2) is 4.99 Å². The molecule has 1 aliphatic heterocycles. The van der Waals surface area contributed by atoms with Gasteiger partial charge in [0.05, 0.1) is 10.6 Å². The van der Waals surface area contributed by atoms with Crippen LogP contribution in [0.2, 0.25) is 0 Å². The second-order valence-corrected chi connectivity index (χ2v) is 4.00. The number of nitrogens with zero attached hydrogens (tertiary/aromatic N) is 3. The Hall–Kier alpha value is -1.42. The monoisotopic (exact) mass is 205 g/mol. The molecule has 2 heterocycles. The first-order chi connectivity index (χ1) is 6.68. The van der Waals surface area contributed by atoms with Crippen LogP contribution in [0.15, 0.2) is 39.9 Å². The lowest BCUT2D eigenvalue weighted by Gasteiger charge is -2.19. The highest BCUT2D eigenvalue weighted by Crippen LogP contribution is 2.19. The summed E-state index contributed by atoms with van der Waals surface area (Å²) in [5.41, 5.74) is 1.61. The molecule has 0 saturated carbocycles. The third-order valence-electron chi connectivity index (χ3n) is 2.04. The predicted molar refractivity (Wildman–Crippen MR) is 60.9 cm³/mol. The quantitative estimate of drug-likeness (QED) is 0.691. The van der Waals surface area contributed by atoms with E-state index in [9.17, 15) is 0 Å². The van der Waals surface area contributed by atoms with Gasteiger partial charge in [0.2, 0.25) is 0 Å². The zero-order chi connectivity index (χ0) is 10.1. The topological polar surface area (TPSA) is 28.0 Å². The molecule has 0 fully saturated rings. The van der Waals surface area contributed by atoms with Gasteiger partial charge in [0.15, 0.2) is 0 Å². The Morgan fingerprint density at radius 2 is 2.29 bits per heavy atom. The van der Waals surface area contributed by atoms with Crippen LogP contribution in [0.25, 0.3) is 0 Å². The van der Waals surface area contributed by atoms with E-state index < -0.39 is 0 Å². The van der Waals surface area contributed by atoms with Crippen LogP contribution in [0, 0.1) is 0 Å². The van der Waals surface area contributed by atoms with Crippen LogP contribution in [-0.4, -0.2) is 23.6 Å². The van der Waals surface area contributed by atoms with E-state index in [2.05, 4.69) is 16.7 Å². The van der Waals surface area contributed by atoms with Crippen LogP contribution in [0.3, 0.4) is 0 Å². The molecule has 1 aliphatic rings. The van der Waals surface area contributed by atoms with Gasteiger partial charge < -0.3 is 0 Å². The van der Waals surface area contributed by atoms with Gasteiger partial charge in [-0.3, -0.25) is 5.01 Å². The molecular weight excluding hydrogens is 194 g/mol. The molecule has 4 heteroatoms. The van der Waals surface area contributed by atoms with Crippen molar-refractivity contribution >= 4 is 22.9 Å². The van der Waals surface area contributed by atoms with Crippen molar-refractivity contribution in [3.8, 4) is 0 Å². The molecule has 0 N–H and O–H groups in total. The molecule has 0 unspecified atom stereocenters. The second kappa shape index (κ2) is 3.38. The first kappa shape index (κ1) is 9.15. The minimum atomic E-state index is 0.739. The van der Waals surface area contributed by atoms with Crippen molar-refractivity contribution in [2.24, 2.45) is 10.1 Å². The van der Waals surface area contributed by atoms with E-state index in [4.69, 9.17) is 0 Å². The largest absolute Gasteiger partial charge is 0.254 e. The van der Waals surface area contributed by atoms with E-state index in [1.807, 2.05) is 31.5 Å². The van der Waals surface area contributed by atoms with Crippen LogP contribution in [0.4, 0.5) is 0 Å². The third kappa shape index (κ3) is 1.48. The molecule has 0 aromatic carbocycles. The van der Waals surface area contributed by atoms with Crippen molar-refractivity contribution in [3.05, 3.63) is 34.7 Å². The fourth-order valence-electron chi connectivity index (χ4n) is 1.21. The number of hydrogen-bond donors (Lipinski definition) is 0. The van der Waals surface area contributed by atoms with Crippen LogP contribution < -0.4 is 0 Å². The lowest BCUT2D eigenvalue weighted by atomic mass is 10.2. The molecule has 0 radical (unpaired) electrons. The molecule has 72 valence electrons. The van der Waals surface area contributed by atoms with E-state index in [1.54, 1.807) is 16.3 Å². The van der Waals surface area contributed by atoms with Crippen LogP contribution in [0.1, 0.15) is 11.8 Å². The van der Waals surface area contributed by atoms with Gasteiger partial charge >= 0.3 is 0 Å². The molecule has 0 spiro atoms. The Morgan fingerprint density at radius 1 is 1.50 bits per heavy atom. The maximum Gasteiger partial charge on any atom is 0.126 e. The molecule has 14 heavy (non-hydrogen) atoms. The molecule has 2 rings (SSSR count). The fourth-order valence-corrected chi connectivity index (χ4v) is 1.94. The van der Waals surface area contributed by atoms with Crippen molar-refractivity contribution in [1.82, 2.24) is 5.01 Å². The van der Waals surface area contributed by atoms with Gasteiger partial charge in [0.1, 0.15) is 11.5 Å². The Kier molecular flexibility index (Phi) is 2.21. The average Bonchev–Trinajstić information content (AvgIpc) is 2.64. The normalized spacial score (nSPS) is 16.7. The van der Waals surface area contributed by atoms with E-state index in [1.165, 1.54) is 0 Å². The summed E-state index contributed by atoms with van der Waals surface area (Å²) in [7, 11) is 1.89. The Balaban J connectivity index is 2.39. The first-order valence-corrected chi connectivity index (χ1v) is 5.17. The molecular formula is C10H11N3S. The zero-order valence-electron chi connectivity index (χ0n) is 8.19. The molecule has 0 saturated heterocycles. The first-order valence-electron chi connectivity index (χ1n) is 4.29. The number of aliphatic imine (C=N–C) groups is 1. The fraction of sp³-hybridized carbons (Fsp3) is 0.200. The molecule has 0 aliphatic carbocycles. The summed E-state index contributed by atoms with van der Waals surface area (Å²) in [6, 6.07) is 4.03. The van der Waals surface area contributed by atoms with E-state index in [0.717, 1.165) is 22.1 Å². The highest BCUT2D eigenvalue weighted by molar-refractivity contribution is 7.12. The summed E-state index contributed by atoms with van der Waals surface area (Å²) in [6.07, 6.45) is 0. The van der Waals surface area contributed by atoms with Gasteiger partial charge in [-0.15, -0.1) is 11.3 Å². The summed E-state index contributed by atoms with van der Waals surface area (Å²) >= 11 is 1.65. The van der Waals surface area contributed by atoms with E-state index in [0.29, 0.717) is 0 Å². The lowest BCUT2D eigenvalue weighted by molar-refractivity contribution is 0.535. The number of thiophene rings is 1. The van der Waals surface area contributed by atoms with Crippen LogP contribution >= 0.6 is 11.3 Å². The summed E-state index contributed by atoms with van der Waals surface area (Å²) in [4.78, 5) is 5.43. The standard InChI is InChI=1S/C10H11N3S/c1-7-10(9-5-4-6-14-9)12-13(3)8(2)11-7/h4-6H,1H2,2-3H3. The van der Waals surface area contributed by atoms with Gasteiger partial charge in [0, 0.05) is 7.05 Å². The van der Waals surface area contributed by atoms with Crippen molar-refractivity contribution < 1.29 is 0 Å². The Labute approximate surface area is 87.1 Å². The number of hydrazone groups is 1. The van der Waals surface area contributed by atoms with Gasteiger partial charge in [-0.05, 0) is 18.4 Å². The molecule has 1 aromatic rings. The number of amidine groups is 1. The number of hydrogen-bond acceptors (Lipinski definition) is 4. The maximum atomic E-state index is 4.42. The highest BCUT2D eigenvalue weighted by Gasteiger charge is 2.15. The molecule has 0 atom stereocenters. The summed E-state index contributed by atoms with van der Waals surface area (Å²) in [5.74, 6) is 0.871. The van der Waals surface area contributed by atoms with Crippen molar-refractivity contribution in [1.29, 1.82) is 0 Å². The van der Waals surface area contributed by atoms with Gasteiger partial charge in [-0.1, -0.05) is 12.6 Å². The summed E-state index contributed by atoms with van der Waals surface area (Å²) < 4.78 is 0. The molecule has 0 amide bonds. The second-order valence-electron chi connectivity index (χ2n) is 3.06. The highest BCUT2D eigenvalue weighted by atomic mass is 32.1. The van der Waals surface area contributed by atoms with E-state index in [-0.39, 0.29) is 0 Å². The maximum absolute atomic E-state index is 4.42. The Bertz CT molecular complexity index is 415. The average molecular weight is 205 g/mol. The minimum absolute atomic E-state index is 0.739. The Morgan fingerprint density at radius 3 is 2.93 bits per heavy atom. The van der Waals surface area contributed by atoms with Gasteiger partial charge in [0.25, 0.3) is 0 Å². The van der Waals surface area contributed by atoms with Gasteiger partial charge in [-0.2, -0.15) is 5.10 Å². The van der Waals surface area contributed by atoms with Crippen LogP contribution in [-0.2, 0) is 0 Å². The number of allylic oxidation sites excluding steroid dienone is 1. The minimum Gasteiger partial charge on any atom is -0.254 e. The third-order valence-corrected chi connectivity index (χ3v) is 2.92. The SMILES string of the molecule is C=C1N=C(C)N(C)N=C1c1cccs1. The van der Waals surface area contributed by atoms with Crippen molar-refractivity contribution in [3.63, 3.8) is 0 Å². The van der Waals surface area contributed by atoms with E-state index >= 15 is 0 Å². The zero-order valence-corrected chi connectivity index (χ0v) is 9.01. The summed E-state index contributed by atoms with van der Waals surface area (Å²) in [5, 5.41) is 8.21. The lowest BCUT2D eigenvalue weighted by Crippen LogP contribution is -2.25. The number of rotatable bonds is 1. The van der Waals surface area contributed by atoms with Crippen molar-refractivity contribution in [2.75, 3.05) is 7.05 Å². The molecule has 3 nitrogen and oxygen atoms in total.